The summed E-state index contributed by atoms with van der Waals surface area (Å²) in [5.41, 5.74) is 3.75. The molecule has 0 unspecified atom stereocenters. The molecular formula is C22H17BrN2O2S. The lowest BCUT2D eigenvalue weighted by atomic mass is 10.1. The molecule has 0 radical (unpaired) electrons. The predicted molar refractivity (Wildman–Crippen MR) is 115 cm³/mol. The van der Waals surface area contributed by atoms with E-state index < -0.39 is 10.0 Å². The largest absolute Gasteiger partial charge is 0.270 e. The average Bonchev–Trinajstić information content (AvgIpc) is 3.07. The van der Waals surface area contributed by atoms with Crippen molar-refractivity contribution in [3.8, 4) is 22.5 Å². The number of benzene rings is 3. The lowest BCUT2D eigenvalue weighted by molar-refractivity contribution is 0.586. The Morgan fingerprint density at radius 2 is 1.32 bits per heavy atom. The van der Waals surface area contributed by atoms with Crippen LogP contribution in [0.4, 0.5) is 0 Å². The standard InChI is InChI=1S/C22H17BrN2O2S/c1-16-12-14-19(15-13-16)28(26,27)25-21(18-10-6-3-7-11-18)20(24-22(25)23)17-8-4-2-5-9-17/h2-15H,1H3. The number of aromatic nitrogens is 2. The van der Waals surface area contributed by atoms with Crippen molar-refractivity contribution in [2.45, 2.75) is 11.8 Å². The Balaban J connectivity index is 2.03. The first-order valence-electron chi connectivity index (χ1n) is 8.70. The molecule has 1 aromatic heterocycles. The van der Waals surface area contributed by atoms with Gasteiger partial charge in [0.2, 0.25) is 0 Å². The van der Waals surface area contributed by atoms with Crippen molar-refractivity contribution < 1.29 is 8.42 Å². The summed E-state index contributed by atoms with van der Waals surface area (Å²) in [7, 11) is -3.85. The third-order valence-corrected chi connectivity index (χ3v) is 6.92. The molecule has 140 valence electrons. The normalized spacial score (nSPS) is 11.5. The highest BCUT2D eigenvalue weighted by Crippen LogP contribution is 2.37. The molecule has 28 heavy (non-hydrogen) atoms. The van der Waals surface area contributed by atoms with Crippen molar-refractivity contribution >= 4 is 26.0 Å². The second-order valence-electron chi connectivity index (χ2n) is 6.39. The Bertz CT molecular complexity index is 1220. The molecular weight excluding hydrogens is 436 g/mol. The zero-order valence-electron chi connectivity index (χ0n) is 15.1. The average molecular weight is 453 g/mol. The van der Waals surface area contributed by atoms with Crippen molar-refractivity contribution in [2.75, 3.05) is 0 Å². The van der Waals surface area contributed by atoms with Gasteiger partial charge >= 0.3 is 0 Å². The molecule has 3 aromatic carbocycles. The molecule has 0 aliphatic heterocycles. The van der Waals surface area contributed by atoms with Gasteiger partial charge in [0.15, 0.2) is 4.73 Å². The molecule has 0 N–H and O–H groups in total. The Labute approximate surface area is 172 Å². The smallest absolute Gasteiger partial charge is 0.220 e. The fraction of sp³-hybridized carbons (Fsp3) is 0.0455. The molecule has 4 nitrogen and oxygen atoms in total. The van der Waals surface area contributed by atoms with Crippen molar-refractivity contribution in [3.05, 3.63) is 95.2 Å². The van der Waals surface area contributed by atoms with Gasteiger partial charge in [0.05, 0.1) is 16.3 Å². The van der Waals surface area contributed by atoms with Crippen LogP contribution in [0.15, 0.2) is 94.6 Å². The zero-order chi connectivity index (χ0) is 19.7. The van der Waals surface area contributed by atoms with Gasteiger partial charge in [0, 0.05) is 11.1 Å². The Hall–Kier alpha value is -2.70. The summed E-state index contributed by atoms with van der Waals surface area (Å²) in [6.45, 7) is 1.92. The van der Waals surface area contributed by atoms with E-state index in [0.29, 0.717) is 11.4 Å². The molecule has 4 rings (SSSR count). The van der Waals surface area contributed by atoms with Crippen LogP contribution in [-0.4, -0.2) is 17.4 Å². The minimum atomic E-state index is -3.85. The van der Waals surface area contributed by atoms with Gasteiger partial charge < -0.3 is 0 Å². The summed E-state index contributed by atoms with van der Waals surface area (Å²) in [5.74, 6) is 0. The Morgan fingerprint density at radius 3 is 1.89 bits per heavy atom. The number of nitrogens with zero attached hydrogens (tertiary/aromatic N) is 2. The van der Waals surface area contributed by atoms with Crippen LogP contribution in [0.5, 0.6) is 0 Å². The third kappa shape index (κ3) is 3.30. The van der Waals surface area contributed by atoms with E-state index in [1.807, 2.05) is 67.6 Å². The molecule has 1 heterocycles. The Kier molecular flexibility index (Phi) is 4.91. The predicted octanol–water partition coefficient (Wildman–Crippen LogP) is 5.53. The summed E-state index contributed by atoms with van der Waals surface area (Å²) in [6, 6.07) is 25.8. The molecule has 0 spiro atoms. The van der Waals surface area contributed by atoms with Crippen molar-refractivity contribution in [1.82, 2.24) is 8.96 Å². The SMILES string of the molecule is Cc1ccc(S(=O)(=O)n2c(Br)nc(-c3ccccc3)c2-c2ccccc2)cc1. The summed E-state index contributed by atoms with van der Waals surface area (Å²) >= 11 is 3.38. The van der Waals surface area contributed by atoms with Crippen LogP contribution < -0.4 is 0 Å². The van der Waals surface area contributed by atoms with Crippen LogP contribution in [0.25, 0.3) is 22.5 Å². The van der Waals surface area contributed by atoms with E-state index in [9.17, 15) is 8.42 Å². The molecule has 0 atom stereocenters. The maximum atomic E-state index is 13.5. The van der Waals surface area contributed by atoms with Crippen LogP contribution in [0.3, 0.4) is 0 Å². The van der Waals surface area contributed by atoms with Crippen LogP contribution in [0.2, 0.25) is 0 Å². The van der Waals surface area contributed by atoms with E-state index in [4.69, 9.17) is 0 Å². The topological polar surface area (TPSA) is 52.0 Å². The third-order valence-electron chi connectivity index (χ3n) is 4.45. The molecule has 0 saturated heterocycles. The van der Waals surface area contributed by atoms with Gasteiger partial charge in [-0.3, -0.25) is 0 Å². The summed E-state index contributed by atoms with van der Waals surface area (Å²) < 4.78 is 28.5. The highest BCUT2D eigenvalue weighted by atomic mass is 79.9. The molecule has 6 heteroatoms. The number of hydrogen-bond acceptors (Lipinski definition) is 3. The number of hydrogen-bond donors (Lipinski definition) is 0. The van der Waals surface area contributed by atoms with Crippen LogP contribution in [0.1, 0.15) is 5.56 Å². The van der Waals surface area contributed by atoms with E-state index in [0.717, 1.165) is 16.7 Å². The number of aryl methyl sites for hydroxylation is 1. The first kappa shape index (κ1) is 18.7. The molecule has 0 amide bonds. The summed E-state index contributed by atoms with van der Waals surface area (Å²) in [4.78, 5) is 4.78. The monoisotopic (exact) mass is 452 g/mol. The minimum Gasteiger partial charge on any atom is -0.220 e. The molecule has 4 aromatic rings. The first-order chi connectivity index (χ1) is 13.5. The summed E-state index contributed by atoms with van der Waals surface area (Å²) in [6.07, 6.45) is 0. The number of imidazole rings is 1. The van der Waals surface area contributed by atoms with Gasteiger partial charge in [-0.1, -0.05) is 78.4 Å². The Morgan fingerprint density at radius 1 is 0.786 bits per heavy atom. The van der Waals surface area contributed by atoms with Crippen molar-refractivity contribution in [3.63, 3.8) is 0 Å². The van der Waals surface area contributed by atoms with Gasteiger partial charge in [0.1, 0.15) is 0 Å². The highest BCUT2D eigenvalue weighted by Gasteiger charge is 2.28. The van der Waals surface area contributed by atoms with E-state index in [1.165, 1.54) is 3.97 Å². The van der Waals surface area contributed by atoms with Crippen molar-refractivity contribution in [2.24, 2.45) is 0 Å². The molecule has 0 aliphatic rings. The van der Waals surface area contributed by atoms with E-state index >= 15 is 0 Å². The number of halogens is 1. The van der Waals surface area contributed by atoms with Gasteiger partial charge in [-0.25, -0.2) is 17.4 Å². The second-order valence-corrected chi connectivity index (χ2v) is 8.89. The number of rotatable bonds is 4. The fourth-order valence-corrected chi connectivity index (χ4v) is 5.35. The van der Waals surface area contributed by atoms with Gasteiger partial charge in [-0.15, -0.1) is 0 Å². The van der Waals surface area contributed by atoms with E-state index in [-0.39, 0.29) is 9.63 Å². The van der Waals surface area contributed by atoms with E-state index in [2.05, 4.69) is 20.9 Å². The quantitative estimate of drug-likeness (QED) is 0.409. The second kappa shape index (κ2) is 7.37. The first-order valence-corrected chi connectivity index (χ1v) is 10.9. The molecule has 0 fully saturated rings. The minimum absolute atomic E-state index is 0.216. The van der Waals surface area contributed by atoms with E-state index in [1.54, 1.807) is 24.3 Å². The molecule has 0 bridgehead atoms. The maximum absolute atomic E-state index is 13.5. The highest BCUT2D eigenvalue weighted by molar-refractivity contribution is 9.10. The van der Waals surface area contributed by atoms with Gasteiger partial charge in [-0.2, -0.15) is 0 Å². The molecule has 0 aliphatic carbocycles. The zero-order valence-corrected chi connectivity index (χ0v) is 17.5. The van der Waals surface area contributed by atoms with Gasteiger partial charge in [-0.05, 0) is 35.0 Å². The lowest BCUT2D eigenvalue weighted by Gasteiger charge is -2.12. The summed E-state index contributed by atoms with van der Waals surface area (Å²) in [5, 5.41) is 0. The van der Waals surface area contributed by atoms with Crippen molar-refractivity contribution in [1.29, 1.82) is 0 Å². The maximum Gasteiger partial charge on any atom is 0.270 e. The van der Waals surface area contributed by atoms with Crippen LogP contribution in [-0.2, 0) is 10.0 Å². The fourth-order valence-electron chi connectivity index (χ4n) is 3.06. The lowest BCUT2D eigenvalue weighted by Crippen LogP contribution is -2.15. The van der Waals surface area contributed by atoms with Gasteiger partial charge in [0.25, 0.3) is 10.0 Å². The van der Waals surface area contributed by atoms with Crippen LogP contribution >= 0.6 is 15.9 Å². The molecule has 0 saturated carbocycles. The van der Waals surface area contributed by atoms with Crippen LogP contribution in [0, 0.1) is 6.92 Å².